The fraction of sp³-hybridized carbons (Fsp3) is 0.526. The molecule has 0 radical (unpaired) electrons. The van der Waals surface area contributed by atoms with Gasteiger partial charge in [0, 0.05) is 25.6 Å². The van der Waals surface area contributed by atoms with Gasteiger partial charge in [0.2, 0.25) is 0 Å². The first-order valence-corrected chi connectivity index (χ1v) is 8.54. The van der Waals surface area contributed by atoms with Crippen molar-refractivity contribution in [2.24, 2.45) is 11.3 Å². The normalized spacial score (nSPS) is 31.2. The van der Waals surface area contributed by atoms with Crippen LogP contribution in [0.5, 0.6) is 0 Å². The van der Waals surface area contributed by atoms with E-state index in [4.69, 9.17) is 4.98 Å². The summed E-state index contributed by atoms with van der Waals surface area (Å²) in [5.74, 6) is 1.86. The van der Waals surface area contributed by atoms with Crippen LogP contribution in [0.4, 0.5) is 0 Å². The van der Waals surface area contributed by atoms with E-state index >= 15 is 0 Å². The second kappa shape index (κ2) is 5.24. The highest BCUT2D eigenvalue weighted by Gasteiger charge is 2.44. The van der Waals surface area contributed by atoms with Gasteiger partial charge < -0.3 is 4.98 Å². The van der Waals surface area contributed by atoms with Crippen molar-refractivity contribution in [2.45, 2.75) is 39.2 Å². The van der Waals surface area contributed by atoms with Crippen molar-refractivity contribution in [2.75, 3.05) is 13.1 Å². The first-order valence-electron chi connectivity index (χ1n) is 8.54. The number of nitrogens with one attached hydrogen (secondary N) is 1. The monoisotopic (exact) mass is 295 g/mol. The molecule has 5 rings (SSSR count). The zero-order valence-electron chi connectivity index (χ0n) is 13.5. The molecule has 0 saturated carbocycles. The summed E-state index contributed by atoms with van der Waals surface area (Å²) >= 11 is 0. The molecule has 22 heavy (non-hydrogen) atoms. The third-order valence-electron chi connectivity index (χ3n) is 5.75. The molecule has 1 aliphatic carbocycles. The van der Waals surface area contributed by atoms with Gasteiger partial charge >= 0.3 is 0 Å². The molecule has 2 aromatic rings. The Morgan fingerprint density at radius 3 is 2.95 bits per heavy atom. The first kappa shape index (κ1) is 14.0. The van der Waals surface area contributed by atoms with Gasteiger partial charge in [0.05, 0.1) is 11.0 Å². The molecule has 3 nitrogen and oxygen atoms in total. The predicted octanol–water partition coefficient (Wildman–Crippen LogP) is 3.78. The maximum atomic E-state index is 4.72. The summed E-state index contributed by atoms with van der Waals surface area (Å²) in [5.41, 5.74) is 2.68. The van der Waals surface area contributed by atoms with Crippen LogP contribution < -0.4 is 0 Å². The van der Waals surface area contributed by atoms with Crippen LogP contribution in [-0.4, -0.2) is 34.0 Å². The Morgan fingerprint density at radius 2 is 2.18 bits per heavy atom. The van der Waals surface area contributed by atoms with Gasteiger partial charge in [-0.1, -0.05) is 38.1 Å². The lowest BCUT2D eigenvalue weighted by atomic mass is 9.65. The lowest BCUT2D eigenvalue weighted by Crippen LogP contribution is -2.55. The van der Waals surface area contributed by atoms with E-state index in [-0.39, 0.29) is 0 Å². The Kier molecular flexibility index (Phi) is 3.33. The molecule has 1 saturated heterocycles. The van der Waals surface area contributed by atoms with Gasteiger partial charge in [0.15, 0.2) is 0 Å². The topological polar surface area (TPSA) is 31.9 Å². The van der Waals surface area contributed by atoms with Crippen LogP contribution in [-0.2, 0) is 6.42 Å². The fourth-order valence-corrected chi connectivity index (χ4v) is 4.34. The van der Waals surface area contributed by atoms with Gasteiger partial charge in [0.25, 0.3) is 0 Å². The summed E-state index contributed by atoms with van der Waals surface area (Å²) < 4.78 is 0. The highest BCUT2D eigenvalue weighted by Crippen LogP contribution is 2.45. The summed E-state index contributed by atoms with van der Waals surface area (Å²) in [7, 11) is 0. The van der Waals surface area contributed by atoms with Gasteiger partial charge in [-0.3, -0.25) is 4.90 Å². The third-order valence-corrected chi connectivity index (χ3v) is 5.75. The molecule has 1 fully saturated rings. The predicted molar refractivity (Wildman–Crippen MR) is 90.8 cm³/mol. The lowest BCUT2D eigenvalue weighted by Gasteiger charge is -2.52. The number of piperidine rings is 1. The molecular formula is C19H25N3. The molecule has 0 amide bonds. The minimum Gasteiger partial charge on any atom is -0.342 e. The van der Waals surface area contributed by atoms with Crippen molar-refractivity contribution >= 4 is 11.0 Å². The Bertz CT molecular complexity index is 669. The van der Waals surface area contributed by atoms with Gasteiger partial charge in [-0.2, -0.15) is 0 Å². The third kappa shape index (κ3) is 2.28. The standard InChI is InChI=1S/C19H25N3/c1-3-19(2)12-14-8-9-17(19)22(13-14)11-10-18-20-15-6-4-5-7-16(15)21-18/h4-9,14,17H,3,10-13H2,1-2H3,(H,20,21). The number of benzene rings is 1. The smallest absolute Gasteiger partial charge is 0.108 e. The second-order valence-corrected chi connectivity index (χ2v) is 7.25. The fourth-order valence-electron chi connectivity index (χ4n) is 4.34. The summed E-state index contributed by atoms with van der Waals surface area (Å²) in [6.07, 6.45) is 8.52. The van der Waals surface area contributed by atoms with E-state index in [1.165, 1.54) is 19.4 Å². The molecule has 0 spiro atoms. The van der Waals surface area contributed by atoms with Crippen molar-refractivity contribution < 1.29 is 0 Å². The van der Waals surface area contributed by atoms with Crippen LogP contribution in [0.2, 0.25) is 0 Å². The minimum absolute atomic E-state index is 0.450. The van der Waals surface area contributed by atoms with E-state index in [0.29, 0.717) is 11.5 Å². The van der Waals surface area contributed by atoms with Crippen LogP contribution in [0.25, 0.3) is 11.0 Å². The van der Waals surface area contributed by atoms with Crippen molar-refractivity contribution in [3.8, 4) is 0 Å². The number of hydrogen-bond donors (Lipinski definition) is 1. The summed E-state index contributed by atoms with van der Waals surface area (Å²) in [4.78, 5) is 10.8. The quantitative estimate of drug-likeness (QED) is 0.870. The number of H-pyrrole nitrogens is 1. The largest absolute Gasteiger partial charge is 0.342 e. The molecule has 2 bridgehead atoms. The number of para-hydroxylation sites is 2. The Labute approximate surface area is 132 Å². The number of fused-ring (bicyclic) bond motifs is 3. The number of aromatic amines is 1. The molecule has 1 N–H and O–H groups in total. The van der Waals surface area contributed by atoms with Crippen LogP contribution >= 0.6 is 0 Å². The number of imidazole rings is 1. The highest BCUT2D eigenvalue weighted by molar-refractivity contribution is 5.74. The zero-order valence-corrected chi connectivity index (χ0v) is 13.5. The highest BCUT2D eigenvalue weighted by atomic mass is 15.2. The van der Waals surface area contributed by atoms with Gasteiger partial charge in [0.1, 0.15) is 5.82 Å². The van der Waals surface area contributed by atoms with E-state index in [2.05, 4.69) is 54.1 Å². The van der Waals surface area contributed by atoms with Crippen molar-refractivity contribution in [1.82, 2.24) is 14.9 Å². The Morgan fingerprint density at radius 1 is 1.32 bits per heavy atom. The lowest BCUT2D eigenvalue weighted by molar-refractivity contribution is 0.0164. The minimum atomic E-state index is 0.450. The number of hydrogen-bond acceptors (Lipinski definition) is 2. The van der Waals surface area contributed by atoms with Crippen LogP contribution in [0, 0.1) is 11.3 Å². The maximum absolute atomic E-state index is 4.72. The zero-order chi connectivity index (χ0) is 15.2. The van der Waals surface area contributed by atoms with Crippen molar-refractivity contribution in [1.29, 1.82) is 0 Å². The van der Waals surface area contributed by atoms with Crippen LogP contribution in [0.15, 0.2) is 36.4 Å². The van der Waals surface area contributed by atoms with Gasteiger partial charge in [-0.25, -0.2) is 4.98 Å². The van der Waals surface area contributed by atoms with Crippen molar-refractivity contribution in [3.63, 3.8) is 0 Å². The van der Waals surface area contributed by atoms with E-state index < -0.39 is 0 Å². The summed E-state index contributed by atoms with van der Waals surface area (Å²) in [6.45, 7) is 7.12. The molecule has 116 valence electrons. The molecule has 3 aliphatic rings. The number of nitrogens with zero attached hydrogens (tertiary/aromatic N) is 2. The van der Waals surface area contributed by atoms with Crippen LogP contribution in [0.3, 0.4) is 0 Å². The van der Waals surface area contributed by atoms with Crippen LogP contribution in [0.1, 0.15) is 32.5 Å². The van der Waals surface area contributed by atoms with E-state index in [1.54, 1.807) is 0 Å². The van der Waals surface area contributed by atoms with E-state index in [0.717, 1.165) is 35.7 Å². The number of rotatable bonds is 4. The first-order chi connectivity index (χ1) is 10.7. The average Bonchev–Trinajstić information content (AvgIpc) is 2.96. The van der Waals surface area contributed by atoms with Gasteiger partial charge in [-0.15, -0.1) is 0 Å². The molecule has 3 heteroatoms. The number of aromatic nitrogens is 2. The molecule has 3 unspecified atom stereocenters. The van der Waals surface area contributed by atoms with Crippen molar-refractivity contribution in [3.05, 3.63) is 42.2 Å². The van der Waals surface area contributed by atoms with E-state index in [9.17, 15) is 0 Å². The second-order valence-electron chi connectivity index (χ2n) is 7.25. The molecule has 2 aliphatic heterocycles. The van der Waals surface area contributed by atoms with Gasteiger partial charge in [-0.05, 0) is 36.3 Å². The SMILES string of the molecule is CCC1(C)CC2C=CC1N(CCc1nc3ccccc3[nH]1)C2. The summed E-state index contributed by atoms with van der Waals surface area (Å²) in [5, 5.41) is 0. The maximum Gasteiger partial charge on any atom is 0.108 e. The molecule has 1 aromatic carbocycles. The molecule has 1 aromatic heterocycles. The molecule has 3 heterocycles. The van der Waals surface area contributed by atoms with E-state index in [1.807, 2.05) is 6.07 Å². The molecule has 3 atom stereocenters. The Hall–Kier alpha value is -1.61. The Balaban J connectivity index is 1.48. The summed E-state index contributed by atoms with van der Waals surface area (Å²) in [6, 6.07) is 8.90. The molecular weight excluding hydrogens is 270 g/mol. The average molecular weight is 295 g/mol.